The Morgan fingerprint density at radius 3 is 2.38 bits per heavy atom. The first-order valence-corrected chi connectivity index (χ1v) is 11.4. The number of anilines is 2. The molecule has 0 aromatic carbocycles. The summed E-state index contributed by atoms with van der Waals surface area (Å²) in [6, 6.07) is 12.0. The van der Waals surface area contributed by atoms with Gasteiger partial charge in [-0.2, -0.15) is 0 Å². The maximum atomic E-state index is 14.3. The van der Waals surface area contributed by atoms with Crippen LogP contribution < -0.4 is 10.6 Å². The lowest BCUT2D eigenvalue weighted by molar-refractivity contribution is 0.102. The molecule has 37 heavy (non-hydrogen) atoms. The number of nitrogens with zero attached hydrogens (tertiary/aromatic N) is 4. The number of halogens is 1. The highest BCUT2D eigenvalue weighted by Crippen LogP contribution is 2.29. The van der Waals surface area contributed by atoms with Gasteiger partial charge in [0.05, 0.1) is 30.4 Å². The SMILES string of the molecule is COC(=O)Nc1cc(-c2cc(-c3cc(NC(=O)c4ccnc(C(C)(C)F)c4)cnc3C)ccn2)ccn1. The lowest BCUT2D eigenvalue weighted by Gasteiger charge is -2.14. The number of methoxy groups -OCH3 is 1. The Hall–Kier alpha value is -4.73. The molecule has 0 aliphatic rings. The summed E-state index contributed by atoms with van der Waals surface area (Å²) in [5, 5.41) is 5.36. The summed E-state index contributed by atoms with van der Waals surface area (Å²) in [7, 11) is 1.27. The first-order valence-electron chi connectivity index (χ1n) is 11.4. The summed E-state index contributed by atoms with van der Waals surface area (Å²) in [6.45, 7) is 4.64. The summed E-state index contributed by atoms with van der Waals surface area (Å²) in [5.41, 5.74) is 3.05. The molecule has 9 nitrogen and oxygen atoms in total. The van der Waals surface area contributed by atoms with Crippen molar-refractivity contribution in [1.29, 1.82) is 0 Å². The van der Waals surface area contributed by atoms with Crippen molar-refractivity contribution < 1.29 is 18.7 Å². The third-order valence-corrected chi connectivity index (χ3v) is 5.52. The highest BCUT2D eigenvalue weighted by molar-refractivity contribution is 6.04. The van der Waals surface area contributed by atoms with Gasteiger partial charge in [0, 0.05) is 41.0 Å². The Bertz CT molecular complexity index is 1470. The predicted molar refractivity (Wildman–Crippen MR) is 138 cm³/mol. The number of carbonyl (C=O) groups excluding carboxylic acids is 2. The zero-order valence-corrected chi connectivity index (χ0v) is 20.7. The van der Waals surface area contributed by atoms with E-state index in [1.54, 1.807) is 30.7 Å². The van der Waals surface area contributed by atoms with Crippen LogP contribution >= 0.6 is 0 Å². The van der Waals surface area contributed by atoms with E-state index in [4.69, 9.17) is 0 Å². The molecule has 0 saturated carbocycles. The molecule has 0 spiro atoms. The molecule has 0 aliphatic heterocycles. The Morgan fingerprint density at radius 2 is 1.62 bits per heavy atom. The Kier molecular flexibility index (Phi) is 7.19. The molecule has 4 aromatic rings. The van der Waals surface area contributed by atoms with Crippen molar-refractivity contribution in [3.8, 4) is 22.4 Å². The number of pyridine rings is 4. The molecule has 4 rings (SSSR count). The quantitative estimate of drug-likeness (QED) is 0.356. The van der Waals surface area contributed by atoms with Crippen molar-refractivity contribution in [3.05, 3.63) is 84.2 Å². The molecule has 4 aromatic heterocycles. The molecule has 0 atom stereocenters. The van der Waals surface area contributed by atoms with E-state index in [-0.39, 0.29) is 11.3 Å². The van der Waals surface area contributed by atoms with Gasteiger partial charge < -0.3 is 10.1 Å². The molecular weight excluding hydrogens is 475 g/mol. The number of rotatable bonds is 6. The number of aromatic nitrogens is 4. The van der Waals surface area contributed by atoms with Crippen molar-refractivity contribution in [1.82, 2.24) is 19.9 Å². The summed E-state index contributed by atoms with van der Waals surface area (Å²) < 4.78 is 18.9. The van der Waals surface area contributed by atoms with E-state index in [1.165, 1.54) is 39.3 Å². The number of carbonyl (C=O) groups is 2. The molecule has 0 saturated heterocycles. The van der Waals surface area contributed by atoms with Crippen LogP contribution in [-0.4, -0.2) is 39.0 Å². The normalized spacial score (nSPS) is 11.1. The van der Waals surface area contributed by atoms with E-state index in [1.807, 2.05) is 25.1 Å². The minimum atomic E-state index is -1.67. The first-order chi connectivity index (χ1) is 17.6. The molecule has 4 heterocycles. The van der Waals surface area contributed by atoms with Crippen LogP contribution in [0.5, 0.6) is 0 Å². The molecule has 0 bridgehead atoms. The smallest absolute Gasteiger partial charge is 0.412 e. The molecule has 0 fully saturated rings. The molecule has 10 heteroatoms. The van der Waals surface area contributed by atoms with E-state index in [2.05, 4.69) is 35.3 Å². The zero-order valence-electron chi connectivity index (χ0n) is 20.7. The van der Waals surface area contributed by atoms with Crippen molar-refractivity contribution in [2.24, 2.45) is 0 Å². The topological polar surface area (TPSA) is 119 Å². The van der Waals surface area contributed by atoms with E-state index >= 15 is 0 Å². The highest BCUT2D eigenvalue weighted by atomic mass is 19.1. The Balaban J connectivity index is 1.60. The molecule has 188 valence electrons. The fraction of sp³-hybridized carbons (Fsp3) is 0.185. The average molecular weight is 501 g/mol. The van der Waals surface area contributed by atoms with Crippen LogP contribution in [0.4, 0.5) is 20.7 Å². The number of hydrogen-bond acceptors (Lipinski definition) is 7. The van der Waals surface area contributed by atoms with E-state index < -0.39 is 17.7 Å². The van der Waals surface area contributed by atoms with E-state index in [0.29, 0.717) is 17.2 Å². The van der Waals surface area contributed by atoms with Gasteiger partial charge in [-0.05, 0) is 68.8 Å². The molecule has 2 N–H and O–H groups in total. The van der Waals surface area contributed by atoms with E-state index in [0.717, 1.165) is 22.4 Å². The van der Waals surface area contributed by atoms with Gasteiger partial charge in [-0.25, -0.2) is 14.2 Å². The standard InChI is InChI=1S/C27H25FN6O3/c1-16-21(14-20(15-32-16)33-25(35)19-7-9-30-23(12-19)27(2,3)28)17-5-8-29-22(11-17)18-6-10-31-24(13-18)34-26(36)37-4/h5-15H,1-4H3,(H,33,35)(H,31,34,36). The summed E-state index contributed by atoms with van der Waals surface area (Å²) in [6.07, 6.45) is 5.58. The van der Waals surface area contributed by atoms with Crippen molar-refractivity contribution in [3.63, 3.8) is 0 Å². The van der Waals surface area contributed by atoms with Crippen molar-refractivity contribution in [2.45, 2.75) is 26.4 Å². The highest BCUT2D eigenvalue weighted by Gasteiger charge is 2.22. The summed E-state index contributed by atoms with van der Waals surface area (Å²) in [5.74, 6) is -0.0723. The van der Waals surface area contributed by atoms with E-state index in [9.17, 15) is 14.0 Å². The predicted octanol–water partition coefficient (Wildman–Crippen LogP) is 5.54. The molecule has 0 aliphatic carbocycles. The van der Waals surface area contributed by atoms with Crippen LogP contribution in [0, 0.1) is 6.92 Å². The van der Waals surface area contributed by atoms with Crippen LogP contribution in [-0.2, 0) is 10.4 Å². The van der Waals surface area contributed by atoms with Gasteiger partial charge in [0.15, 0.2) is 0 Å². The molecular formula is C27H25FN6O3. The largest absolute Gasteiger partial charge is 0.453 e. The number of amides is 2. The van der Waals surface area contributed by atoms with Crippen LogP contribution in [0.25, 0.3) is 22.4 Å². The lowest BCUT2D eigenvalue weighted by Crippen LogP contribution is -2.16. The number of ether oxygens (including phenoxy) is 1. The molecule has 2 amide bonds. The first kappa shape index (κ1) is 25.4. The van der Waals surface area contributed by atoms with Crippen LogP contribution in [0.15, 0.2) is 67.3 Å². The number of nitrogens with one attached hydrogen (secondary N) is 2. The molecule has 0 unspecified atom stereocenters. The fourth-order valence-electron chi connectivity index (χ4n) is 3.56. The second kappa shape index (κ2) is 10.5. The number of alkyl halides is 1. The second-order valence-electron chi connectivity index (χ2n) is 8.69. The monoisotopic (exact) mass is 500 g/mol. The van der Waals surface area contributed by atoms with Gasteiger partial charge >= 0.3 is 6.09 Å². The van der Waals surface area contributed by atoms with Crippen LogP contribution in [0.1, 0.15) is 35.6 Å². The van der Waals surface area contributed by atoms with Gasteiger partial charge in [0.25, 0.3) is 5.91 Å². The van der Waals surface area contributed by atoms with Crippen LogP contribution in [0.2, 0.25) is 0 Å². The minimum absolute atomic E-state index is 0.174. The van der Waals surface area contributed by atoms with Crippen molar-refractivity contribution in [2.75, 3.05) is 17.7 Å². The maximum Gasteiger partial charge on any atom is 0.412 e. The average Bonchev–Trinajstić information content (AvgIpc) is 2.89. The van der Waals surface area contributed by atoms with Crippen LogP contribution in [0.3, 0.4) is 0 Å². The third-order valence-electron chi connectivity index (χ3n) is 5.52. The lowest BCUT2D eigenvalue weighted by atomic mass is 10.0. The Labute approximate surface area is 213 Å². The number of hydrogen-bond donors (Lipinski definition) is 2. The summed E-state index contributed by atoms with van der Waals surface area (Å²) in [4.78, 5) is 41.4. The molecule has 0 radical (unpaired) electrons. The minimum Gasteiger partial charge on any atom is -0.453 e. The van der Waals surface area contributed by atoms with Gasteiger partial charge in [0.2, 0.25) is 0 Å². The maximum absolute atomic E-state index is 14.3. The Morgan fingerprint density at radius 1 is 0.892 bits per heavy atom. The second-order valence-corrected chi connectivity index (χ2v) is 8.69. The summed E-state index contributed by atoms with van der Waals surface area (Å²) >= 11 is 0. The third kappa shape index (κ3) is 6.10. The van der Waals surface area contributed by atoms with Gasteiger partial charge in [-0.3, -0.25) is 25.1 Å². The van der Waals surface area contributed by atoms with Gasteiger partial charge in [-0.15, -0.1) is 0 Å². The van der Waals surface area contributed by atoms with Gasteiger partial charge in [0.1, 0.15) is 11.5 Å². The fourth-order valence-corrected chi connectivity index (χ4v) is 3.56. The van der Waals surface area contributed by atoms with Crippen molar-refractivity contribution >= 4 is 23.5 Å². The number of aryl methyl sites for hydroxylation is 1. The van der Waals surface area contributed by atoms with Gasteiger partial charge in [-0.1, -0.05) is 0 Å². The zero-order chi connectivity index (χ0) is 26.6.